The van der Waals surface area contributed by atoms with Crippen LogP contribution in [0.4, 0.5) is 4.39 Å². The van der Waals surface area contributed by atoms with Crippen molar-refractivity contribution in [1.29, 1.82) is 0 Å². The Balaban J connectivity index is 2.08. The van der Waals surface area contributed by atoms with Crippen LogP contribution in [0.1, 0.15) is 30.6 Å². The minimum absolute atomic E-state index is 0.173. The summed E-state index contributed by atoms with van der Waals surface area (Å²) in [6.07, 6.45) is 0.940. The van der Waals surface area contributed by atoms with Crippen molar-refractivity contribution in [3.05, 3.63) is 29.6 Å². The van der Waals surface area contributed by atoms with Gasteiger partial charge in [-0.2, -0.15) is 0 Å². The summed E-state index contributed by atoms with van der Waals surface area (Å²) in [5.74, 6) is -1.06. The highest BCUT2D eigenvalue weighted by Crippen LogP contribution is 2.23. The third kappa shape index (κ3) is 2.93. The highest BCUT2D eigenvalue weighted by atomic mass is 19.1. The van der Waals surface area contributed by atoms with Gasteiger partial charge in [-0.05, 0) is 31.6 Å². The maximum Gasteiger partial charge on any atom is 0.257 e. The molecule has 0 radical (unpaired) electrons. The molecule has 0 bridgehead atoms. The van der Waals surface area contributed by atoms with Gasteiger partial charge in [-0.25, -0.2) is 4.39 Å². The number of nitrogens with zero attached hydrogens (tertiary/aromatic N) is 2. The number of benzene rings is 1. The van der Waals surface area contributed by atoms with E-state index < -0.39 is 5.82 Å². The van der Waals surface area contributed by atoms with Gasteiger partial charge in [0, 0.05) is 25.2 Å². The number of likely N-dealkylation sites (N-methyl/N-ethyl adjacent to an activating group) is 1. The lowest BCUT2D eigenvalue weighted by atomic mass is 10.1. The number of amides is 1. The van der Waals surface area contributed by atoms with Crippen LogP contribution in [0.25, 0.3) is 0 Å². The molecule has 0 aromatic heterocycles. The molecule has 1 saturated heterocycles. The van der Waals surface area contributed by atoms with Crippen molar-refractivity contribution in [2.75, 3.05) is 26.2 Å². The van der Waals surface area contributed by atoms with Crippen LogP contribution in [0.15, 0.2) is 18.2 Å². The zero-order valence-electron chi connectivity index (χ0n) is 12.0. The topological polar surface area (TPSA) is 43.8 Å². The second-order valence-electron chi connectivity index (χ2n) is 5.08. The van der Waals surface area contributed by atoms with Crippen molar-refractivity contribution in [2.45, 2.75) is 26.3 Å². The molecule has 1 N–H and O–H groups in total. The van der Waals surface area contributed by atoms with Gasteiger partial charge in [0.2, 0.25) is 0 Å². The van der Waals surface area contributed by atoms with Crippen LogP contribution in [-0.4, -0.2) is 53.0 Å². The van der Waals surface area contributed by atoms with Gasteiger partial charge in [0.1, 0.15) is 11.6 Å². The fraction of sp³-hybridized carbons (Fsp3) is 0.533. The molecule has 0 spiro atoms. The number of hydrogen-bond acceptors (Lipinski definition) is 3. The molecule has 1 aliphatic heterocycles. The van der Waals surface area contributed by atoms with Crippen LogP contribution in [0.2, 0.25) is 0 Å². The summed E-state index contributed by atoms with van der Waals surface area (Å²) in [5, 5.41) is 9.69. The molecule has 1 amide bonds. The Labute approximate surface area is 118 Å². The SMILES string of the molecule is CCN(CC)C1CCN(C(=O)c2ccc(F)cc2O)C1. The van der Waals surface area contributed by atoms with Crippen LogP contribution in [0, 0.1) is 5.82 Å². The standard InChI is InChI=1S/C15H21FN2O2/c1-3-17(4-2)12-7-8-18(10-12)15(20)13-6-5-11(16)9-14(13)19/h5-6,9,12,19H,3-4,7-8,10H2,1-2H3. The van der Waals surface area contributed by atoms with E-state index in [4.69, 9.17) is 0 Å². The molecular weight excluding hydrogens is 259 g/mol. The minimum Gasteiger partial charge on any atom is -0.507 e. The number of phenols is 1. The van der Waals surface area contributed by atoms with E-state index >= 15 is 0 Å². The smallest absolute Gasteiger partial charge is 0.257 e. The van der Waals surface area contributed by atoms with Gasteiger partial charge >= 0.3 is 0 Å². The highest BCUT2D eigenvalue weighted by molar-refractivity contribution is 5.97. The molecule has 2 rings (SSSR count). The fourth-order valence-electron chi connectivity index (χ4n) is 2.82. The Morgan fingerprint density at radius 3 is 2.75 bits per heavy atom. The number of rotatable bonds is 4. The van der Waals surface area contributed by atoms with Crippen LogP contribution in [-0.2, 0) is 0 Å². The van der Waals surface area contributed by atoms with Crippen LogP contribution < -0.4 is 0 Å². The first kappa shape index (κ1) is 14.8. The van der Waals surface area contributed by atoms with Crippen molar-refractivity contribution in [3.8, 4) is 5.75 Å². The van der Waals surface area contributed by atoms with E-state index in [1.807, 2.05) is 0 Å². The van der Waals surface area contributed by atoms with Crippen LogP contribution >= 0.6 is 0 Å². The normalized spacial score (nSPS) is 18.8. The van der Waals surface area contributed by atoms with Crippen molar-refractivity contribution in [2.24, 2.45) is 0 Å². The minimum atomic E-state index is -0.540. The Bertz CT molecular complexity index is 489. The van der Waals surface area contributed by atoms with Crippen molar-refractivity contribution < 1.29 is 14.3 Å². The molecule has 1 heterocycles. The molecule has 1 unspecified atom stereocenters. The molecule has 1 aromatic carbocycles. The highest BCUT2D eigenvalue weighted by Gasteiger charge is 2.30. The van der Waals surface area contributed by atoms with Crippen LogP contribution in [0.5, 0.6) is 5.75 Å². The molecule has 1 atom stereocenters. The largest absolute Gasteiger partial charge is 0.507 e. The van der Waals surface area contributed by atoms with Gasteiger partial charge < -0.3 is 10.0 Å². The van der Waals surface area contributed by atoms with E-state index in [0.717, 1.165) is 25.6 Å². The van der Waals surface area contributed by atoms with Gasteiger partial charge in [0.15, 0.2) is 0 Å². The molecular formula is C15H21FN2O2. The Morgan fingerprint density at radius 1 is 1.45 bits per heavy atom. The number of carbonyl (C=O) groups excluding carboxylic acids is 1. The Kier molecular flexibility index (Phi) is 4.60. The van der Waals surface area contributed by atoms with Gasteiger partial charge in [0.25, 0.3) is 5.91 Å². The fourth-order valence-corrected chi connectivity index (χ4v) is 2.82. The summed E-state index contributed by atoms with van der Waals surface area (Å²) in [7, 11) is 0. The first-order valence-corrected chi connectivity index (χ1v) is 7.08. The van der Waals surface area contributed by atoms with E-state index in [9.17, 15) is 14.3 Å². The van der Waals surface area contributed by atoms with Crippen LogP contribution in [0.3, 0.4) is 0 Å². The monoisotopic (exact) mass is 280 g/mol. The van der Waals surface area contributed by atoms with Crippen molar-refractivity contribution in [3.63, 3.8) is 0 Å². The maximum atomic E-state index is 13.0. The van der Waals surface area contributed by atoms with Crippen molar-refractivity contribution >= 4 is 5.91 Å². The molecule has 1 aliphatic rings. The molecule has 20 heavy (non-hydrogen) atoms. The van der Waals surface area contributed by atoms with Gasteiger partial charge in [-0.15, -0.1) is 0 Å². The molecule has 110 valence electrons. The number of aromatic hydroxyl groups is 1. The second-order valence-corrected chi connectivity index (χ2v) is 5.08. The van der Waals surface area contributed by atoms with Gasteiger partial charge in [-0.1, -0.05) is 13.8 Å². The average molecular weight is 280 g/mol. The van der Waals surface area contributed by atoms with E-state index in [1.54, 1.807) is 4.90 Å². The van der Waals surface area contributed by atoms with Crippen molar-refractivity contribution in [1.82, 2.24) is 9.80 Å². The lowest BCUT2D eigenvalue weighted by molar-refractivity contribution is 0.0775. The van der Waals surface area contributed by atoms with Gasteiger partial charge in [-0.3, -0.25) is 9.69 Å². The van der Waals surface area contributed by atoms with E-state index in [2.05, 4.69) is 18.7 Å². The number of phenolic OH excluding ortho intramolecular Hbond substituents is 1. The summed E-state index contributed by atoms with van der Waals surface area (Å²) in [4.78, 5) is 16.4. The predicted molar refractivity (Wildman–Crippen MR) is 75.3 cm³/mol. The lowest BCUT2D eigenvalue weighted by Crippen LogP contribution is -2.38. The molecule has 5 heteroatoms. The van der Waals surface area contributed by atoms with E-state index in [1.165, 1.54) is 12.1 Å². The summed E-state index contributed by atoms with van der Waals surface area (Å²) in [6.45, 7) is 7.49. The van der Waals surface area contributed by atoms with E-state index in [-0.39, 0.29) is 17.2 Å². The zero-order chi connectivity index (χ0) is 14.7. The summed E-state index contributed by atoms with van der Waals surface area (Å²) < 4.78 is 13.0. The number of halogens is 1. The molecule has 1 aromatic rings. The Morgan fingerprint density at radius 2 is 2.15 bits per heavy atom. The summed E-state index contributed by atoms with van der Waals surface area (Å²) >= 11 is 0. The predicted octanol–water partition coefficient (Wildman–Crippen LogP) is 2.09. The first-order valence-electron chi connectivity index (χ1n) is 7.08. The number of carbonyl (C=O) groups is 1. The lowest BCUT2D eigenvalue weighted by Gasteiger charge is -2.26. The van der Waals surface area contributed by atoms with Gasteiger partial charge in [0.05, 0.1) is 5.56 Å². The zero-order valence-corrected chi connectivity index (χ0v) is 12.0. The number of hydrogen-bond donors (Lipinski definition) is 1. The summed E-state index contributed by atoms with van der Waals surface area (Å²) in [5.41, 5.74) is 0.173. The Hall–Kier alpha value is -1.62. The average Bonchev–Trinajstić information content (AvgIpc) is 2.89. The first-order chi connectivity index (χ1) is 9.56. The van der Waals surface area contributed by atoms with E-state index in [0.29, 0.717) is 19.1 Å². The quantitative estimate of drug-likeness (QED) is 0.918. The summed E-state index contributed by atoms with van der Waals surface area (Å²) in [6, 6.07) is 3.89. The molecule has 4 nitrogen and oxygen atoms in total. The molecule has 0 saturated carbocycles. The molecule has 0 aliphatic carbocycles. The third-order valence-corrected chi connectivity index (χ3v) is 3.97. The second kappa shape index (κ2) is 6.22. The third-order valence-electron chi connectivity index (χ3n) is 3.97. The number of likely N-dealkylation sites (tertiary alicyclic amines) is 1. The molecule has 1 fully saturated rings. The maximum absolute atomic E-state index is 13.0.